The molecule has 0 radical (unpaired) electrons. The molecule has 0 spiro atoms. The van der Waals surface area contributed by atoms with Crippen molar-refractivity contribution in [3.8, 4) is 22.6 Å². The van der Waals surface area contributed by atoms with Crippen LogP contribution in [0.15, 0.2) is 51.5 Å². The van der Waals surface area contributed by atoms with Crippen molar-refractivity contribution < 1.29 is 23.3 Å². The van der Waals surface area contributed by atoms with Crippen LogP contribution in [0.1, 0.15) is 84.9 Å². The molecule has 2 bridgehead atoms. The number of nitrogens with zero attached hydrogens (tertiary/aromatic N) is 3. The van der Waals surface area contributed by atoms with Gasteiger partial charge < -0.3 is 18.5 Å². The lowest BCUT2D eigenvalue weighted by molar-refractivity contribution is -0.130. The van der Waals surface area contributed by atoms with Crippen LogP contribution in [-0.4, -0.2) is 34.0 Å². The van der Waals surface area contributed by atoms with Crippen molar-refractivity contribution in [2.75, 3.05) is 7.11 Å². The van der Waals surface area contributed by atoms with Crippen LogP contribution in [0, 0.1) is 0 Å². The molecule has 0 aliphatic heterocycles. The summed E-state index contributed by atoms with van der Waals surface area (Å²) >= 11 is 13.1. The topological polar surface area (TPSA) is 100 Å². The Labute approximate surface area is 247 Å². The van der Waals surface area contributed by atoms with Gasteiger partial charge in [-0.2, -0.15) is 4.98 Å². The first-order valence-corrected chi connectivity index (χ1v) is 14.8. The molecule has 4 aromatic rings. The zero-order valence-corrected chi connectivity index (χ0v) is 24.1. The number of ether oxygens (including phenoxy) is 2. The van der Waals surface area contributed by atoms with Crippen LogP contribution in [0.4, 0.5) is 0 Å². The Kier molecular flexibility index (Phi) is 6.68. The van der Waals surface area contributed by atoms with Crippen LogP contribution < -0.4 is 0 Å². The van der Waals surface area contributed by atoms with Crippen LogP contribution >= 0.6 is 23.2 Å². The summed E-state index contributed by atoms with van der Waals surface area (Å²) in [6.45, 7) is 0.408. The SMILES string of the molecule is COC(=O)c1ccc(-c2noc(C34CCC(OCc5c(-c6c(Cl)cccc6Cl)noc5C5CC5)(CC3)CC4)n2)cc1. The highest BCUT2D eigenvalue weighted by atomic mass is 35.5. The van der Waals surface area contributed by atoms with Crippen molar-refractivity contribution in [1.82, 2.24) is 15.3 Å². The molecule has 0 N–H and O–H groups in total. The first-order valence-electron chi connectivity index (χ1n) is 14.0. The molecule has 2 aromatic carbocycles. The van der Waals surface area contributed by atoms with Crippen molar-refractivity contribution in [3.05, 3.63) is 75.3 Å². The Balaban J connectivity index is 1.07. The molecule has 212 valence electrons. The first kappa shape index (κ1) is 26.7. The normalized spacial score (nSPS) is 23.6. The van der Waals surface area contributed by atoms with E-state index < -0.39 is 0 Å². The minimum atomic E-state index is -0.379. The van der Waals surface area contributed by atoms with Gasteiger partial charge in [0.05, 0.1) is 40.3 Å². The van der Waals surface area contributed by atoms with Gasteiger partial charge in [-0.05, 0) is 75.6 Å². The Bertz CT molecular complexity index is 1560. The summed E-state index contributed by atoms with van der Waals surface area (Å²) < 4.78 is 23.2. The van der Waals surface area contributed by atoms with Crippen LogP contribution in [0.3, 0.4) is 0 Å². The van der Waals surface area contributed by atoms with Crippen molar-refractivity contribution in [3.63, 3.8) is 0 Å². The lowest BCUT2D eigenvalue weighted by Crippen LogP contribution is -2.49. The molecule has 2 aromatic heterocycles. The average Bonchev–Trinajstić information content (AvgIpc) is 3.56. The first-order chi connectivity index (χ1) is 19.9. The largest absolute Gasteiger partial charge is 0.465 e. The standard InChI is InChI=1S/C31H29Cl2N3O5/c1-38-28(37)20-9-7-19(8-10-20)27-34-29(41-36-27)30-11-14-31(15-12-30,16-13-30)39-17-21-25(35-40-26(21)18-5-6-18)24-22(32)3-2-4-23(24)33/h2-4,7-10,18H,5-6,11-17H2,1H3. The molecular formula is C31H29Cl2N3O5. The predicted molar refractivity (Wildman–Crippen MR) is 152 cm³/mol. The van der Waals surface area contributed by atoms with E-state index in [4.69, 9.17) is 46.7 Å². The summed E-state index contributed by atoms with van der Waals surface area (Å²) in [4.78, 5) is 16.5. The van der Waals surface area contributed by atoms with E-state index in [-0.39, 0.29) is 17.0 Å². The van der Waals surface area contributed by atoms with Crippen LogP contribution in [0.25, 0.3) is 22.6 Å². The molecule has 4 fully saturated rings. The van der Waals surface area contributed by atoms with Crippen molar-refractivity contribution in [2.45, 2.75) is 74.9 Å². The number of halogens is 2. The van der Waals surface area contributed by atoms with Crippen molar-refractivity contribution in [1.29, 1.82) is 0 Å². The van der Waals surface area contributed by atoms with Crippen LogP contribution in [-0.2, 0) is 21.5 Å². The Morgan fingerprint density at radius 1 is 0.951 bits per heavy atom. The third-order valence-electron chi connectivity index (χ3n) is 9.11. The van der Waals surface area contributed by atoms with E-state index in [1.807, 2.05) is 30.3 Å². The van der Waals surface area contributed by atoms with Gasteiger partial charge in [-0.3, -0.25) is 0 Å². The number of carbonyl (C=O) groups is 1. The van der Waals surface area contributed by atoms with E-state index in [1.165, 1.54) is 7.11 Å². The van der Waals surface area contributed by atoms with Crippen LogP contribution in [0.2, 0.25) is 10.0 Å². The van der Waals surface area contributed by atoms with Gasteiger partial charge >= 0.3 is 5.97 Å². The number of fused-ring (bicyclic) bond motifs is 3. The molecule has 4 saturated carbocycles. The molecule has 0 amide bonds. The molecule has 2 heterocycles. The molecule has 41 heavy (non-hydrogen) atoms. The number of esters is 1. The fraction of sp³-hybridized carbons (Fsp3) is 0.419. The minimum absolute atomic E-state index is 0.144. The number of benzene rings is 2. The second kappa shape index (κ2) is 10.3. The lowest BCUT2D eigenvalue weighted by Gasteiger charge is -2.51. The van der Waals surface area contributed by atoms with Gasteiger partial charge in [-0.25, -0.2) is 4.79 Å². The van der Waals surface area contributed by atoms with Gasteiger partial charge in [0.1, 0.15) is 11.5 Å². The highest BCUT2D eigenvalue weighted by Gasteiger charge is 2.53. The number of rotatable bonds is 8. The second-order valence-corrected chi connectivity index (χ2v) is 12.3. The monoisotopic (exact) mass is 593 g/mol. The number of hydrogen-bond acceptors (Lipinski definition) is 8. The van der Waals surface area contributed by atoms with E-state index in [1.54, 1.807) is 12.1 Å². The molecule has 0 unspecified atom stereocenters. The van der Waals surface area contributed by atoms with Gasteiger partial charge in [0.2, 0.25) is 11.7 Å². The fourth-order valence-corrected chi connectivity index (χ4v) is 6.97. The number of aromatic nitrogens is 3. The Morgan fingerprint density at radius 3 is 2.27 bits per heavy atom. The molecule has 10 heteroatoms. The van der Waals surface area contributed by atoms with E-state index in [0.29, 0.717) is 51.1 Å². The maximum absolute atomic E-state index is 11.8. The molecule has 4 aliphatic carbocycles. The number of carbonyl (C=O) groups excluding carboxylic acids is 1. The smallest absolute Gasteiger partial charge is 0.337 e. The third-order valence-corrected chi connectivity index (χ3v) is 9.74. The summed E-state index contributed by atoms with van der Waals surface area (Å²) in [6, 6.07) is 12.5. The summed E-state index contributed by atoms with van der Waals surface area (Å²) in [5, 5.41) is 9.77. The van der Waals surface area contributed by atoms with Gasteiger partial charge in [0, 0.05) is 22.6 Å². The molecule has 8 rings (SSSR count). The molecule has 4 aliphatic rings. The Hall–Kier alpha value is -3.20. The van der Waals surface area contributed by atoms with Gasteiger partial charge in [-0.15, -0.1) is 0 Å². The van der Waals surface area contributed by atoms with Crippen molar-refractivity contribution >= 4 is 29.2 Å². The third kappa shape index (κ3) is 4.76. The molecule has 8 nitrogen and oxygen atoms in total. The molecule has 0 atom stereocenters. The quantitative estimate of drug-likeness (QED) is 0.190. The van der Waals surface area contributed by atoms with Crippen LogP contribution in [0.5, 0.6) is 0 Å². The summed E-state index contributed by atoms with van der Waals surface area (Å²) in [5.74, 6) is 2.10. The fourth-order valence-electron chi connectivity index (χ4n) is 6.39. The van der Waals surface area contributed by atoms with Gasteiger partial charge in [-0.1, -0.05) is 51.7 Å². The average molecular weight is 594 g/mol. The summed E-state index contributed by atoms with van der Waals surface area (Å²) in [7, 11) is 1.36. The molecule has 0 saturated heterocycles. The van der Waals surface area contributed by atoms with Crippen molar-refractivity contribution in [2.24, 2.45) is 0 Å². The number of methoxy groups -OCH3 is 1. The van der Waals surface area contributed by atoms with E-state index >= 15 is 0 Å². The highest BCUT2D eigenvalue weighted by molar-refractivity contribution is 6.39. The Morgan fingerprint density at radius 2 is 1.63 bits per heavy atom. The van der Waals surface area contributed by atoms with E-state index in [2.05, 4.69) is 10.3 Å². The second-order valence-electron chi connectivity index (χ2n) is 11.5. The number of hydrogen-bond donors (Lipinski definition) is 0. The minimum Gasteiger partial charge on any atom is -0.465 e. The van der Waals surface area contributed by atoms with Gasteiger partial charge in [0.15, 0.2) is 0 Å². The summed E-state index contributed by atoms with van der Waals surface area (Å²) in [5.41, 5.74) is 3.25. The maximum atomic E-state index is 11.8. The predicted octanol–water partition coefficient (Wildman–Crippen LogP) is 7.92. The molecular weight excluding hydrogens is 565 g/mol. The van der Waals surface area contributed by atoms with E-state index in [0.717, 1.165) is 68.3 Å². The zero-order valence-electron chi connectivity index (χ0n) is 22.6. The zero-order chi connectivity index (χ0) is 28.2. The highest BCUT2D eigenvalue weighted by Crippen LogP contribution is 2.55. The van der Waals surface area contributed by atoms with E-state index in [9.17, 15) is 4.79 Å². The lowest BCUT2D eigenvalue weighted by atomic mass is 9.58. The summed E-state index contributed by atoms with van der Waals surface area (Å²) in [6.07, 6.45) is 7.65. The van der Waals surface area contributed by atoms with Gasteiger partial charge in [0.25, 0.3) is 0 Å². The maximum Gasteiger partial charge on any atom is 0.337 e.